The third kappa shape index (κ3) is 4.96. The van der Waals surface area contributed by atoms with Crippen LogP contribution in [0.25, 0.3) is 0 Å². The molecule has 0 aliphatic carbocycles. The van der Waals surface area contributed by atoms with Crippen LogP contribution in [0.3, 0.4) is 0 Å². The SMILES string of the molecule is O=C(O)NC(C(=O)N1Cc2ccc([N+](=O)[O-])cc2[C@H]1C(=O)Nc1c(F)cccc1F)C1CCOCC1. The average molecular weight is 504 g/mol. The third-order valence-electron chi connectivity index (χ3n) is 6.31. The number of non-ortho nitro benzene ring substituents is 1. The van der Waals surface area contributed by atoms with Gasteiger partial charge in [-0.1, -0.05) is 12.1 Å². The number of rotatable bonds is 6. The van der Waals surface area contributed by atoms with Crippen LogP contribution in [0.1, 0.15) is 30.0 Å². The zero-order valence-corrected chi connectivity index (χ0v) is 18.8. The van der Waals surface area contributed by atoms with Crippen LogP contribution in [0.2, 0.25) is 0 Å². The highest BCUT2D eigenvalue weighted by Gasteiger charge is 2.44. The van der Waals surface area contributed by atoms with Gasteiger partial charge in [-0.05, 0) is 42.0 Å². The minimum atomic E-state index is -1.50. The zero-order valence-electron chi connectivity index (χ0n) is 18.8. The lowest BCUT2D eigenvalue weighted by Crippen LogP contribution is -2.53. The summed E-state index contributed by atoms with van der Waals surface area (Å²) in [4.78, 5) is 50.2. The molecule has 1 saturated heterocycles. The summed E-state index contributed by atoms with van der Waals surface area (Å²) in [6, 6.07) is 3.99. The number of nitrogens with one attached hydrogen (secondary N) is 2. The molecule has 13 heteroatoms. The minimum Gasteiger partial charge on any atom is -0.465 e. The maximum absolute atomic E-state index is 14.2. The van der Waals surface area contributed by atoms with Gasteiger partial charge in [0.1, 0.15) is 29.4 Å². The van der Waals surface area contributed by atoms with Crippen molar-refractivity contribution in [3.05, 3.63) is 69.3 Å². The number of benzene rings is 2. The highest BCUT2D eigenvalue weighted by Crippen LogP contribution is 2.38. The van der Waals surface area contributed by atoms with Crippen LogP contribution < -0.4 is 10.6 Å². The molecule has 3 amide bonds. The van der Waals surface area contributed by atoms with Crippen molar-refractivity contribution in [2.75, 3.05) is 18.5 Å². The molecule has 190 valence electrons. The van der Waals surface area contributed by atoms with E-state index in [4.69, 9.17) is 4.74 Å². The molecular weight excluding hydrogens is 482 g/mol. The topological polar surface area (TPSA) is 151 Å². The lowest BCUT2D eigenvalue weighted by Gasteiger charge is -2.34. The second kappa shape index (κ2) is 10.2. The predicted molar refractivity (Wildman–Crippen MR) is 120 cm³/mol. The molecule has 2 aliphatic rings. The second-order valence-corrected chi connectivity index (χ2v) is 8.47. The Labute approximate surface area is 203 Å². The first-order chi connectivity index (χ1) is 17.2. The van der Waals surface area contributed by atoms with E-state index < -0.39 is 58.2 Å². The largest absolute Gasteiger partial charge is 0.465 e. The van der Waals surface area contributed by atoms with E-state index in [2.05, 4.69) is 10.6 Å². The lowest BCUT2D eigenvalue weighted by molar-refractivity contribution is -0.384. The summed E-state index contributed by atoms with van der Waals surface area (Å²) in [6.07, 6.45) is -0.665. The summed E-state index contributed by atoms with van der Waals surface area (Å²) in [6.45, 7) is 0.475. The second-order valence-electron chi connectivity index (χ2n) is 8.47. The number of nitrogens with zero attached hydrogens (tertiary/aromatic N) is 2. The summed E-state index contributed by atoms with van der Waals surface area (Å²) in [7, 11) is 0. The molecule has 0 radical (unpaired) electrons. The van der Waals surface area contributed by atoms with Gasteiger partial charge in [-0.15, -0.1) is 0 Å². The Morgan fingerprint density at radius 3 is 2.42 bits per heavy atom. The number of amides is 3. The number of para-hydroxylation sites is 1. The van der Waals surface area contributed by atoms with Crippen molar-refractivity contribution in [1.82, 2.24) is 10.2 Å². The summed E-state index contributed by atoms with van der Waals surface area (Å²) < 4.78 is 33.7. The fourth-order valence-corrected chi connectivity index (χ4v) is 4.58. The van der Waals surface area contributed by atoms with Crippen LogP contribution in [0.4, 0.5) is 25.0 Å². The smallest absolute Gasteiger partial charge is 0.405 e. The maximum atomic E-state index is 14.2. The van der Waals surface area contributed by atoms with Crippen molar-refractivity contribution in [3.8, 4) is 0 Å². The number of carbonyl (C=O) groups is 3. The van der Waals surface area contributed by atoms with Gasteiger partial charge in [0.25, 0.3) is 11.6 Å². The summed E-state index contributed by atoms with van der Waals surface area (Å²) in [5.41, 5.74) is -0.571. The number of anilines is 1. The van der Waals surface area contributed by atoms with Crippen LogP contribution >= 0.6 is 0 Å². The first kappa shape index (κ1) is 25.0. The van der Waals surface area contributed by atoms with Crippen molar-refractivity contribution in [2.24, 2.45) is 5.92 Å². The van der Waals surface area contributed by atoms with Crippen molar-refractivity contribution < 1.29 is 37.9 Å². The highest BCUT2D eigenvalue weighted by atomic mass is 19.1. The van der Waals surface area contributed by atoms with E-state index >= 15 is 0 Å². The first-order valence-electron chi connectivity index (χ1n) is 11.1. The van der Waals surface area contributed by atoms with E-state index in [1.54, 1.807) is 0 Å². The third-order valence-corrected chi connectivity index (χ3v) is 6.31. The van der Waals surface area contributed by atoms with E-state index in [1.165, 1.54) is 12.1 Å². The van der Waals surface area contributed by atoms with Gasteiger partial charge in [0.05, 0.1) is 4.92 Å². The number of fused-ring (bicyclic) bond motifs is 1. The number of carbonyl (C=O) groups excluding carboxylic acids is 2. The minimum absolute atomic E-state index is 0.104. The number of ether oxygens (including phenoxy) is 1. The molecule has 1 unspecified atom stereocenters. The fourth-order valence-electron chi connectivity index (χ4n) is 4.58. The Bertz CT molecular complexity index is 1200. The van der Waals surface area contributed by atoms with Gasteiger partial charge in [0.2, 0.25) is 5.91 Å². The van der Waals surface area contributed by atoms with Gasteiger partial charge in [-0.3, -0.25) is 19.7 Å². The van der Waals surface area contributed by atoms with Crippen molar-refractivity contribution >= 4 is 29.3 Å². The van der Waals surface area contributed by atoms with Crippen LogP contribution in [0.15, 0.2) is 36.4 Å². The standard InChI is InChI=1S/C23H22F2N4O7/c24-16-2-1-3-17(25)19(16)26-21(30)20-15-10-14(29(34)35)5-4-13(15)11-28(20)22(31)18(27-23(32)33)12-6-8-36-9-7-12/h1-5,10,12,18,20,27H,6-9,11H2,(H,26,30)(H,32,33)/t18?,20-/m0/s1. The van der Waals surface area contributed by atoms with Crippen LogP contribution in [-0.2, 0) is 20.9 Å². The van der Waals surface area contributed by atoms with Crippen LogP contribution in [0, 0.1) is 27.7 Å². The quantitative estimate of drug-likeness (QED) is 0.404. The molecule has 3 N–H and O–H groups in total. The normalized spacial score (nSPS) is 18.3. The zero-order chi connectivity index (χ0) is 26.0. The van der Waals surface area contributed by atoms with Crippen LogP contribution in [-0.4, -0.2) is 52.1 Å². The van der Waals surface area contributed by atoms with Gasteiger partial charge < -0.3 is 25.4 Å². The molecule has 2 aromatic rings. The molecule has 11 nitrogen and oxygen atoms in total. The molecule has 2 aliphatic heterocycles. The Kier molecular flexibility index (Phi) is 7.10. The predicted octanol–water partition coefficient (Wildman–Crippen LogP) is 2.96. The van der Waals surface area contributed by atoms with Crippen LogP contribution in [0.5, 0.6) is 0 Å². The van der Waals surface area contributed by atoms with E-state index in [0.717, 1.165) is 29.2 Å². The first-order valence-corrected chi connectivity index (χ1v) is 11.1. The molecular formula is C23H22F2N4O7. The Hall–Kier alpha value is -4.13. The molecule has 0 spiro atoms. The van der Waals surface area contributed by atoms with Gasteiger partial charge >= 0.3 is 6.09 Å². The molecule has 4 rings (SSSR count). The van der Waals surface area contributed by atoms with E-state index in [9.17, 15) is 38.4 Å². The summed E-state index contributed by atoms with van der Waals surface area (Å²) in [5.74, 6) is -4.27. The van der Waals surface area contributed by atoms with Gasteiger partial charge in [0.15, 0.2) is 0 Å². The Balaban J connectivity index is 1.73. The lowest BCUT2D eigenvalue weighted by atomic mass is 9.90. The van der Waals surface area contributed by atoms with Crippen molar-refractivity contribution in [3.63, 3.8) is 0 Å². The number of hydrogen-bond acceptors (Lipinski definition) is 6. The van der Waals surface area contributed by atoms with E-state index in [0.29, 0.717) is 31.6 Å². The molecule has 2 atom stereocenters. The molecule has 2 heterocycles. The van der Waals surface area contributed by atoms with Crippen molar-refractivity contribution in [1.29, 1.82) is 0 Å². The van der Waals surface area contributed by atoms with E-state index in [1.807, 2.05) is 0 Å². The molecule has 0 bridgehead atoms. The molecule has 36 heavy (non-hydrogen) atoms. The Morgan fingerprint density at radius 1 is 1.14 bits per heavy atom. The van der Waals surface area contributed by atoms with Gasteiger partial charge in [-0.25, -0.2) is 13.6 Å². The van der Waals surface area contributed by atoms with E-state index in [-0.39, 0.29) is 17.8 Å². The highest BCUT2D eigenvalue weighted by molar-refractivity contribution is 6.00. The van der Waals surface area contributed by atoms with Gasteiger partial charge in [-0.2, -0.15) is 0 Å². The number of nitro groups is 1. The van der Waals surface area contributed by atoms with Crippen molar-refractivity contribution in [2.45, 2.75) is 31.5 Å². The summed E-state index contributed by atoms with van der Waals surface area (Å²) >= 11 is 0. The molecule has 0 saturated carbocycles. The Morgan fingerprint density at radius 2 is 1.81 bits per heavy atom. The number of halogens is 2. The monoisotopic (exact) mass is 504 g/mol. The molecule has 1 fully saturated rings. The fraction of sp³-hybridized carbons (Fsp3) is 0.348. The average Bonchev–Trinajstić information content (AvgIpc) is 3.23. The number of nitro benzene ring substituents is 1. The molecule has 2 aromatic carbocycles. The molecule has 0 aromatic heterocycles. The number of hydrogen-bond donors (Lipinski definition) is 3. The maximum Gasteiger partial charge on any atom is 0.405 e. The summed E-state index contributed by atoms with van der Waals surface area (Å²) in [5, 5.41) is 25.1. The van der Waals surface area contributed by atoms with Gasteiger partial charge in [0, 0.05) is 31.9 Å². The number of carboxylic acid groups (broad SMARTS) is 1.